The minimum absolute atomic E-state index is 0.662. The minimum Gasteiger partial charge on any atom is -0.497 e. The lowest BCUT2D eigenvalue weighted by Crippen LogP contribution is -1.95. The van der Waals surface area contributed by atoms with Crippen molar-refractivity contribution >= 4 is 23.4 Å². The Balaban J connectivity index is 2.00. The maximum absolute atomic E-state index is 5.93. The Hall–Kier alpha value is -1.13. The number of halogens is 1. The highest BCUT2D eigenvalue weighted by Crippen LogP contribution is 2.25. The normalized spacial score (nSPS) is 10.5. The number of thioether (sulfide) groups is 1. The number of hydrogen-bond donors (Lipinski definition) is 0. The van der Waals surface area contributed by atoms with E-state index >= 15 is 0 Å². The summed E-state index contributed by atoms with van der Waals surface area (Å²) in [6.07, 6.45) is 1.67. The molecule has 90 valence electrons. The molecule has 0 saturated heterocycles. The largest absolute Gasteiger partial charge is 0.497 e. The van der Waals surface area contributed by atoms with Crippen molar-refractivity contribution < 1.29 is 4.74 Å². The highest BCUT2D eigenvalue weighted by atomic mass is 35.5. The average Bonchev–Trinajstić information content (AvgIpc) is 2.68. The topological polar surface area (TPSA) is 27.1 Å². The SMILES string of the molecule is COc1ccc(SCc2ncc(Cl)n2C)cc1. The van der Waals surface area contributed by atoms with E-state index in [2.05, 4.69) is 4.98 Å². The van der Waals surface area contributed by atoms with E-state index in [9.17, 15) is 0 Å². The molecule has 17 heavy (non-hydrogen) atoms. The van der Waals surface area contributed by atoms with Gasteiger partial charge in [-0.25, -0.2) is 4.98 Å². The van der Waals surface area contributed by atoms with Gasteiger partial charge in [0.25, 0.3) is 0 Å². The Morgan fingerprint density at radius 3 is 2.59 bits per heavy atom. The van der Waals surface area contributed by atoms with Crippen LogP contribution in [0.5, 0.6) is 5.75 Å². The van der Waals surface area contributed by atoms with Crippen LogP contribution in [0.3, 0.4) is 0 Å². The highest BCUT2D eigenvalue weighted by Gasteiger charge is 2.04. The lowest BCUT2D eigenvalue weighted by molar-refractivity contribution is 0.414. The molecule has 0 aliphatic heterocycles. The molecule has 1 aromatic heterocycles. The van der Waals surface area contributed by atoms with Crippen molar-refractivity contribution in [2.45, 2.75) is 10.6 Å². The molecule has 0 aliphatic carbocycles. The van der Waals surface area contributed by atoms with Gasteiger partial charge in [0.2, 0.25) is 0 Å². The Morgan fingerprint density at radius 2 is 2.06 bits per heavy atom. The molecule has 0 amide bonds. The fourth-order valence-corrected chi connectivity index (χ4v) is 2.42. The molecule has 0 bridgehead atoms. The lowest BCUT2D eigenvalue weighted by Gasteiger charge is -2.04. The Bertz CT molecular complexity index is 496. The van der Waals surface area contributed by atoms with Gasteiger partial charge in [-0.05, 0) is 24.3 Å². The van der Waals surface area contributed by atoms with Crippen LogP contribution in [-0.4, -0.2) is 16.7 Å². The molecule has 1 aromatic carbocycles. The van der Waals surface area contributed by atoms with E-state index in [1.54, 1.807) is 25.1 Å². The third-order valence-corrected chi connectivity index (χ3v) is 3.81. The molecule has 2 aromatic rings. The van der Waals surface area contributed by atoms with Crippen molar-refractivity contribution in [1.82, 2.24) is 9.55 Å². The number of methoxy groups -OCH3 is 1. The van der Waals surface area contributed by atoms with Gasteiger partial charge in [0, 0.05) is 11.9 Å². The van der Waals surface area contributed by atoms with Crippen LogP contribution < -0.4 is 4.74 Å². The van der Waals surface area contributed by atoms with Gasteiger partial charge in [-0.2, -0.15) is 0 Å². The summed E-state index contributed by atoms with van der Waals surface area (Å²) in [5.41, 5.74) is 0. The smallest absolute Gasteiger partial charge is 0.128 e. The molecular weight excluding hydrogens is 256 g/mol. The van der Waals surface area contributed by atoms with Crippen LogP contribution >= 0.6 is 23.4 Å². The van der Waals surface area contributed by atoms with Crippen molar-refractivity contribution in [3.63, 3.8) is 0 Å². The predicted molar refractivity (Wildman–Crippen MR) is 70.8 cm³/mol. The summed E-state index contributed by atoms with van der Waals surface area (Å²) < 4.78 is 7.00. The standard InChI is InChI=1S/C12H13ClN2OS/c1-15-11(13)7-14-12(15)8-17-10-5-3-9(16-2)4-6-10/h3-7H,8H2,1-2H3. The molecule has 5 heteroatoms. The summed E-state index contributed by atoms with van der Waals surface area (Å²) >= 11 is 7.65. The molecule has 3 nitrogen and oxygen atoms in total. The van der Waals surface area contributed by atoms with Crippen molar-refractivity contribution in [2.75, 3.05) is 7.11 Å². The summed E-state index contributed by atoms with van der Waals surface area (Å²) in [5, 5.41) is 0.662. The second-order valence-electron chi connectivity index (χ2n) is 3.52. The molecule has 0 atom stereocenters. The van der Waals surface area contributed by atoms with Crippen LogP contribution in [0.15, 0.2) is 35.4 Å². The van der Waals surface area contributed by atoms with Crippen molar-refractivity contribution in [3.05, 3.63) is 41.4 Å². The van der Waals surface area contributed by atoms with Gasteiger partial charge in [0.1, 0.15) is 16.7 Å². The molecule has 0 unspecified atom stereocenters. The quantitative estimate of drug-likeness (QED) is 0.796. The number of rotatable bonds is 4. The van der Waals surface area contributed by atoms with Crippen LogP contribution in [-0.2, 0) is 12.8 Å². The molecule has 0 radical (unpaired) electrons. The number of benzene rings is 1. The molecule has 0 N–H and O–H groups in total. The van der Waals surface area contributed by atoms with E-state index in [1.807, 2.05) is 35.9 Å². The zero-order valence-electron chi connectivity index (χ0n) is 9.68. The molecule has 0 aliphatic rings. The van der Waals surface area contributed by atoms with E-state index in [0.29, 0.717) is 5.15 Å². The van der Waals surface area contributed by atoms with Gasteiger partial charge >= 0.3 is 0 Å². The second kappa shape index (κ2) is 5.47. The molecule has 0 fully saturated rings. The minimum atomic E-state index is 0.662. The van der Waals surface area contributed by atoms with E-state index in [0.717, 1.165) is 17.3 Å². The van der Waals surface area contributed by atoms with Gasteiger partial charge in [-0.15, -0.1) is 11.8 Å². The zero-order chi connectivity index (χ0) is 12.3. The van der Waals surface area contributed by atoms with Crippen LogP contribution in [0.1, 0.15) is 5.82 Å². The van der Waals surface area contributed by atoms with Gasteiger partial charge < -0.3 is 9.30 Å². The summed E-state index contributed by atoms with van der Waals surface area (Å²) in [7, 11) is 3.58. The summed E-state index contributed by atoms with van der Waals surface area (Å²) in [6.45, 7) is 0. The highest BCUT2D eigenvalue weighted by molar-refractivity contribution is 7.98. The fourth-order valence-electron chi connectivity index (χ4n) is 1.38. The van der Waals surface area contributed by atoms with Crippen LogP contribution in [0.4, 0.5) is 0 Å². The lowest BCUT2D eigenvalue weighted by atomic mass is 10.3. The predicted octanol–water partition coefficient (Wildman–Crippen LogP) is 3.37. The summed E-state index contributed by atoms with van der Waals surface area (Å²) in [4.78, 5) is 5.43. The Labute approximate surface area is 110 Å². The first-order valence-corrected chi connectivity index (χ1v) is 6.50. The van der Waals surface area contributed by atoms with E-state index in [-0.39, 0.29) is 0 Å². The third kappa shape index (κ3) is 2.96. The maximum atomic E-state index is 5.93. The molecule has 0 spiro atoms. The average molecular weight is 269 g/mol. The van der Waals surface area contributed by atoms with E-state index in [1.165, 1.54) is 4.90 Å². The number of ether oxygens (including phenoxy) is 1. The van der Waals surface area contributed by atoms with Gasteiger partial charge in [0.15, 0.2) is 0 Å². The molecule has 2 rings (SSSR count). The monoisotopic (exact) mass is 268 g/mol. The summed E-state index contributed by atoms with van der Waals surface area (Å²) in [6, 6.07) is 7.98. The van der Waals surface area contributed by atoms with Crippen molar-refractivity contribution in [3.8, 4) is 5.75 Å². The molecule has 1 heterocycles. The van der Waals surface area contributed by atoms with Gasteiger partial charge in [-0.3, -0.25) is 0 Å². The molecular formula is C12H13ClN2OS. The van der Waals surface area contributed by atoms with Crippen LogP contribution in [0.25, 0.3) is 0 Å². The van der Waals surface area contributed by atoms with E-state index in [4.69, 9.17) is 16.3 Å². The van der Waals surface area contributed by atoms with Gasteiger partial charge in [0.05, 0.1) is 19.1 Å². The maximum Gasteiger partial charge on any atom is 0.128 e. The number of hydrogen-bond acceptors (Lipinski definition) is 3. The van der Waals surface area contributed by atoms with Gasteiger partial charge in [-0.1, -0.05) is 11.6 Å². The Kier molecular flexibility index (Phi) is 3.97. The van der Waals surface area contributed by atoms with E-state index < -0.39 is 0 Å². The Morgan fingerprint density at radius 1 is 1.35 bits per heavy atom. The first-order chi connectivity index (χ1) is 8.20. The van der Waals surface area contributed by atoms with Crippen LogP contribution in [0, 0.1) is 0 Å². The zero-order valence-corrected chi connectivity index (χ0v) is 11.3. The number of aromatic nitrogens is 2. The second-order valence-corrected chi connectivity index (χ2v) is 4.96. The fraction of sp³-hybridized carbons (Fsp3) is 0.250. The number of nitrogens with zero attached hydrogens (tertiary/aromatic N) is 2. The van der Waals surface area contributed by atoms with Crippen molar-refractivity contribution in [1.29, 1.82) is 0 Å². The summed E-state index contributed by atoms with van der Waals surface area (Å²) in [5.74, 6) is 2.64. The van der Waals surface area contributed by atoms with Crippen LogP contribution in [0.2, 0.25) is 5.15 Å². The number of imidazole rings is 1. The first-order valence-electron chi connectivity index (χ1n) is 5.13. The first kappa shape index (κ1) is 12.3. The molecule has 0 saturated carbocycles. The third-order valence-electron chi connectivity index (χ3n) is 2.46. The van der Waals surface area contributed by atoms with Crippen molar-refractivity contribution in [2.24, 2.45) is 7.05 Å².